The lowest BCUT2D eigenvalue weighted by Gasteiger charge is -2.34. The number of hydrogen-bond donors (Lipinski definition) is 3. The summed E-state index contributed by atoms with van der Waals surface area (Å²) in [7, 11) is 2.17. The van der Waals surface area contributed by atoms with Crippen molar-refractivity contribution in [1.29, 1.82) is 0 Å². The van der Waals surface area contributed by atoms with Gasteiger partial charge in [-0.25, -0.2) is 4.98 Å². The van der Waals surface area contributed by atoms with E-state index in [0.717, 1.165) is 95.0 Å². The molecule has 4 aromatic rings. The number of pyridine rings is 2. The van der Waals surface area contributed by atoms with E-state index >= 15 is 0 Å². The summed E-state index contributed by atoms with van der Waals surface area (Å²) >= 11 is 0. The lowest BCUT2D eigenvalue weighted by atomic mass is 9.87. The van der Waals surface area contributed by atoms with Crippen LogP contribution < -0.4 is 10.2 Å². The van der Waals surface area contributed by atoms with Crippen molar-refractivity contribution < 1.29 is 4.79 Å². The Labute approximate surface area is 240 Å². The van der Waals surface area contributed by atoms with E-state index in [0.29, 0.717) is 12.3 Å². The van der Waals surface area contributed by atoms with E-state index in [1.807, 2.05) is 24.5 Å². The SMILES string of the molecule is CN1CCN(c2cncc3[nH]c(-c4n[nH]c5ccc(C6=CCCC(NC(=O)CC7CCCCC7)=C6)nc45)cc23)CC1. The van der Waals surface area contributed by atoms with E-state index < -0.39 is 0 Å². The molecule has 1 saturated carbocycles. The molecule has 9 heteroatoms. The number of carbonyl (C=O) groups excluding carboxylic acids is 1. The highest BCUT2D eigenvalue weighted by atomic mass is 16.1. The highest BCUT2D eigenvalue weighted by Crippen LogP contribution is 2.34. The van der Waals surface area contributed by atoms with Gasteiger partial charge in [0.15, 0.2) is 0 Å². The molecule has 1 aliphatic heterocycles. The third kappa shape index (κ3) is 5.38. The summed E-state index contributed by atoms with van der Waals surface area (Å²) in [6.45, 7) is 4.06. The van der Waals surface area contributed by atoms with Crippen LogP contribution >= 0.6 is 0 Å². The number of fused-ring (bicyclic) bond motifs is 2. The van der Waals surface area contributed by atoms with Gasteiger partial charge in [0.2, 0.25) is 5.91 Å². The standard InChI is InChI=1S/C32H38N8O/c1-39-12-14-40(15-13-39)29-20-33-19-28-24(29)18-27(35-28)32-31-26(37-38-32)11-10-25(36-31)22-8-5-9-23(17-22)34-30(41)16-21-6-3-2-4-7-21/h8,10-11,17-21,35H,2-7,9,12-16H2,1H3,(H,34,41)(H,37,38). The molecule has 1 saturated heterocycles. The molecule has 7 rings (SSSR count). The number of allylic oxidation sites excluding steroid dienone is 4. The normalized spacial score (nSPS) is 19.0. The molecule has 0 radical (unpaired) electrons. The van der Waals surface area contributed by atoms with Crippen molar-refractivity contribution in [3.05, 3.63) is 54.1 Å². The molecule has 0 bridgehead atoms. The summed E-state index contributed by atoms with van der Waals surface area (Å²) in [5, 5.41) is 12.2. The van der Waals surface area contributed by atoms with Gasteiger partial charge in [-0.1, -0.05) is 25.3 Å². The summed E-state index contributed by atoms with van der Waals surface area (Å²) in [5.41, 5.74) is 8.49. The third-order valence-corrected chi connectivity index (χ3v) is 8.93. The topological polar surface area (TPSA) is 106 Å². The van der Waals surface area contributed by atoms with E-state index in [2.05, 4.69) is 60.5 Å². The number of anilines is 1. The first-order valence-corrected chi connectivity index (χ1v) is 15.1. The van der Waals surface area contributed by atoms with Crippen LogP contribution in [0.1, 0.15) is 57.1 Å². The zero-order valence-electron chi connectivity index (χ0n) is 23.7. The number of likely N-dealkylation sites (N-methyl/N-ethyl adjacent to an activating group) is 1. The van der Waals surface area contributed by atoms with Crippen LogP contribution in [0.3, 0.4) is 0 Å². The Balaban J connectivity index is 1.14. The lowest BCUT2D eigenvalue weighted by molar-refractivity contribution is -0.121. The van der Waals surface area contributed by atoms with E-state index in [4.69, 9.17) is 4.98 Å². The maximum absolute atomic E-state index is 12.8. The summed E-state index contributed by atoms with van der Waals surface area (Å²) in [4.78, 5) is 30.7. The van der Waals surface area contributed by atoms with Crippen molar-refractivity contribution in [1.82, 2.24) is 35.4 Å². The van der Waals surface area contributed by atoms with Gasteiger partial charge in [-0.3, -0.25) is 14.9 Å². The Bertz CT molecular complexity index is 1630. The molecule has 0 atom stereocenters. The predicted octanol–water partition coefficient (Wildman–Crippen LogP) is 5.40. The number of hydrogen-bond acceptors (Lipinski definition) is 6. The smallest absolute Gasteiger partial charge is 0.224 e. The highest BCUT2D eigenvalue weighted by Gasteiger charge is 2.21. The second-order valence-electron chi connectivity index (χ2n) is 11.9. The van der Waals surface area contributed by atoms with Crippen LogP contribution in [0.5, 0.6) is 0 Å². The van der Waals surface area contributed by atoms with Crippen molar-refractivity contribution in [3.8, 4) is 11.4 Å². The lowest BCUT2D eigenvalue weighted by Crippen LogP contribution is -2.44. The quantitative estimate of drug-likeness (QED) is 0.297. The summed E-state index contributed by atoms with van der Waals surface area (Å²) < 4.78 is 0. The Hall–Kier alpha value is -3.98. The Morgan fingerprint density at radius 1 is 1.07 bits per heavy atom. The number of carbonyl (C=O) groups is 1. The first-order valence-electron chi connectivity index (χ1n) is 15.1. The zero-order valence-corrected chi connectivity index (χ0v) is 23.7. The summed E-state index contributed by atoms with van der Waals surface area (Å²) in [6, 6.07) is 6.24. The van der Waals surface area contributed by atoms with Gasteiger partial charge in [0.05, 0.1) is 40.5 Å². The molecule has 9 nitrogen and oxygen atoms in total. The fraction of sp³-hybridized carbons (Fsp3) is 0.438. The van der Waals surface area contributed by atoms with Crippen LogP contribution in [-0.2, 0) is 4.79 Å². The molecule has 2 fully saturated rings. The molecule has 0 unspecified atom stereocenters. The van der Waals surface area contributed by atoms with Crippen molar-refractivity contribution in [3.63, 3.8) is 0 Å². The van der Waals surface area contributed by atoms with Gasteiger partial charge in [0.25, 0.3) is 0 Å². The molecule has 3 aliphatic rings. The van der Waals surface area contributed by atoms with Crippen LogP contribution in [0, 0.1) is 5.92 Å². The average molecular weight is 551 g/mol. The number of rotatable bonds is 6. The minimum absolute atomic E-state index is 0.147. The monoisotopic (exact) mass is 550 g/mol. The second-order valence-corrected chi connectivity index (χ2v) is 11.9. The number of aromatic amines is 2. The van der Waals surface area contributed by atoms with Crippen molar-refractivity contribution in [2.75, 3.05) is 38.1 Å². The zero-order chi connectivity index (χ0) is 27.8. The van der Waals surface area contributed by atoms with E-state index in [1.165, 1.54) is 32.1 Å². The van der Waals surface area contributed by atoms with E-state index in [9.17, 15) is 4.79 Å². The predicted molar refractivity (Wildman–Crippen MR) is 163 cm³/mol. The van der Waals surface area contributed by atoms with E-state index in [-0.39, 0.29) is 5.91 Å². The molecule has 4 aromatic heterocycles. The number of amides is 1. The third-order valence-electron chi connectivity index (χ3n) is 8.93. The van der Waals surface area contributed by atoms with E-state index in [1.54, 1.807) is 0 Å². The van der Waals surface area contributed by atoms with Crippen molar-refractivity contribution >= 4 is 39.1 Å². The molecule has 5 heterocycles. The van der Waals surface area contributed by atoms with Crippen LogP contribution in [0.4, 0.5) is 5.69 Å². The largest absolute Gasteiger partial charge is 0.367 e. The summed E-state index contributed by atoms with van der Waals surface area (Å²) in [5.74, 6) is 0.679. The van der Waals surface area contributed by atoms with Gasteiger partial charge in [-0.15, -0.1) is 0 Å². The number of H-pyrrole nitrogens is 2. The number of aromatic nitrogens is 5. The molecular formula is C32H38N8O. The molecule has 3 N–H and O–H groups in total. The highest BCUT2D eigenvalue weighted by molar-refractivity contribution is 5.98. The Morgan fingerprint density at radius 2 is 1.93 bits per heavy atom. The molecule has 1 amide bonds. The minimum atomic E-state index is 0.147. The molecule has 41 heavy (non-hydrogen) atoms. The first-order chi connectivity index (χ1) is 20.1. The maximum atomic E-state index is 12.8. The molecule has 0 aromatic carbocycles. The van der Waals surface area contributed by atoms with Gasteiger partial charge in [-0.05, 0) is 68.5 Å². The first kappa shape index (κ1) is 26.0. The van der Waals surface area contributed by atoms with Gasteiger partial charge < -0.3 is 20.1 Å². The fourth-order valence-corrected chi connectivity index (χ4v) is 6.57. The van der Waals surface area contributed by atoms with Crippen LogP contribution in [-0.4, -0.2) is 69.2 Å². The Kier molecular flexibility index (Phi) is 7.04. The van der Waals surface area contributed by atoms with Gasteiger partial charge >= 0.3 is 0 Å². The Morgan fingerprint density at radius 3 is 2.78 bits per heavy atom. The molecule has 212 valence electrons. The fourth-order valence-electron chi connectivity index (χ4n) is 6.57. The summed E-state index contributed by atoms with van der Waals surface area (Å²) in [6.07, 6.45) is 16.7. The maximum Gasteiger partial charge on any atom is 0.224 e. The van der Waals surface area contributed by atoms with Crippen LogP contribution in [0.25, 0.3) is 38.9 Å². The van der Waals surface area contributed by atoms with Crippen molar-refractivity contribution in [2.24, 2.45) is 5.92 Å². The molecule has 2 aliphatic carbocycles. The van der Waals surface area contributed by atoms with Crippen LogP contribution in [0.15, 0.2) is 48.4 Å². The van der Waals surface area contributed by atoms with Crippen LogP contribution in [0.2, 0.25) is 0 Å². The van der Waals surface area contributed by atoms with Gasteiger partial charge in [0, 0.05) is 43.7 Å². The number of nitrogens with one attached hydrogen (secondary N) is 3. The molecular weight excluding hydrogens is 512 g/mol. The number of piperazine rings is 1. The van der Waals surface area contributed by atoms with Crippen molar-refractivity contribution in [2.45, 2.75) is 51.4 Å². The minimum Gasteiger partial charge on any atom is -0.367 e. The average Bonchev–Trinajstić information content (AvgIpc) is 3.62. The number of nitrogens with zero attached hydrogens (tertiary/aromatic N) is 5. The van der Waals surface area contributed by atoms with Gasteiger partial charge in [0.1, 0.15) is 11.2 Å². The molecule has 0 spiro atoms. The second kappa shape index (κ2) is 11.1. The van der Waals surface area contributed by atoms with Gasteiger partial charge in [-0.2, -0.15) is 5.10 Å².